The number of pyridine rings is 1. The lowest BCUT2D eigenvalue weighted by molar-refractivity contribution is 0.0948. The molecular weight excluding hydrogens is 316 g/mol. The summed E-state index contributed by atoms with van der Waals surface area (Å²) >= 11 is 0. The number of aromatic nitrogens is 1. The van der Waals surface area contributed by atoms with Crippen LogP contribution in [-0.2, 0) is 0 Å². The third-order valence-electron chi connectivity index (χ3n) is 3.58. The Labute approximate surface area is 146 Å². The number of para-hydroxylation sites is 1. The molecule has 2 rings (SSSR count). The van der Waals surface area contributed by atoms with Crippen LogP contribution in [0.5, 0.6) is 0 Å². The number of hydrogen-bond donors (Lipinski definition) is 2. The molecule has 0 saturated carbocycles. The molecule has 0 fully saturated rings. The van der Waals surface area contributed by atoms with Gasteiger partial charge in [0, 0.05) is 6.54 Å². The monoisotopic (exact) mass is 336 g/mol. The molecule has 2 N–H and O–H groups in total. The fourth-order valence-corrected chi connectivity index (χ4v) is 2.23. The largest absolute Gasteiger partial charge is 0.351 e. The Bertz CT molecular complexity index is 796. The van der Waals surface area contributed by atoms with Gasteiger partial charge in [-0.15, -0.1) is 0 Å². The minimum Gasteiger partial charge on any atom is -0.351 e. The molecule has 0 saturated heterocycles. The van der Waals surface area contributed by atoms with Crippen molar-refractivity contribution in [2.45, 2.75) is 26.2 Å². The van der Waals surface area contributed by atoms with Crippen molar-refractivity contribution >= 4 is 17.5 Å². The average molecular weight is 336 g/mol. The van der Waals surface area contributed by atoms with E-state index in [4.69, 9.17) is 5.26 Å². The molecule has 0 spiro atoms. The van der Waals surface area contributed by atoms with Gasteiger partial charge in [-0.3, -0.25) is 9.59 Å². The molecule has 1 heterocycles. The highest BCUT2D eigenvalue weighted by atomic mass is 16.2. The van der Waals surface area contributed by atoms with Crippen molar-refractivity contribution < 1.29 is 9.59 Å². The maximum Gasteiger partial charge on any atom is 0.274 e. The van der Waals surface area contributed by atoms with Gasteiger partial charge in [0.15, 0.2) is 0 Å². The molecule has 0 aliphatic carbocycles. The smallest absolute Gasteiger partial charge is 0.274 e. The van der Waals surface area contributed by atoms with Crippen molar-refractivity contribution in [3.8, 4) is 6.07 Å². The molecule has 0 radical (unpaired) electrons. The molecule has 25 heavy (non-hydrogen) atoms. The van der Waals surface area contributed by atoms with Crippen LogP contribution < -0.4 is 10.6 Å². The second-order valence-corrected chi connectivity index (χ2v) is 5.48. The molecule has 0 aliphatic heterocycles. The van der Waals surface area contributed by atoms with Gasteiger partial charge in [0.05, 0.1) is 11.3 Å². The number of hydrogen-bond acceptors (Lipinski definition) is 4. The predicted molar refractivity (Wildman–Crippen MR) is 95.2 cm³/mol. The van der Waals surface area contributed by atoms with Crippen LogP contribution in [0.2, 0.25) is 0 Å². The van der Waals surface area contributed by atoms with Crippen LogP contribution in [0, 0.1) is 11.3 Å². The molecule has 2 amide bonds. The molecule has 0 bridgehead atoms. The summed E-state index contributed by atoms with van der Waals surface area (Å²) in [4.78, 5) is 28.6. The number of carbonyl (C=O) groups is 2. The number of unbranched alkanes of at least 4 members (excludes halogenated alkanes) is 2. The van der Waals surface area contributed by atoms with Gasteiger partial charge in [-0.25, -0.2) is 4.98 Å². The van der Waals surface area contributed by atoms with Gasteiger partial charge >= 0.3 is 0 Å². The van der Waals surface area contributed by atoms with Gasteiger partial charge in [-0.1, -0.05) is 38.0 Å². The second kappa shape index (κ2) is 9.18. The fraction of sp³-hybridized carbons (Fsp3) is 0.263. The first-order valence-electron chi connectivity index (χ1n) is 8.21. The Balaban J connectivity index is 2.06. The predicted octanol–water partition coefficient (Wildman–Crippen LogP) is 3.13. The van der Waals surface area contributed by atoms with Crippen molar-refractivity contribution in [3.63, 3.8) is 0 Å². The van der Waals surface area contributed by atoms with Crippen LogP contribution in [0.25, 0.3) is 0 Å². The Morgan fingerprint density at radius 2 is 1.76 bits per heavy atom. The van der Waals surface area contributed by atoms with Gasteiger partial charge in [0.2, 0.25) is 0 Å². The van der Waals surface area contributed by atoms with Crippen molar-refractivity contribution in [2.75, 3.05) is 11.9 Å². The molecule has 0 unspecified atom stereocenters. The van der Waals surface area contributed by atoms with Gasteiger partial charge in [0.1, 0.15) is 17.5 Å². The first kappa shape index (κ1) is 18.1. The molecule has 6 nitrogen and oxygen atoms in total. The summed E-state index contributed by atoms with van der Waals surface area (Å²) in [5, 5.41) is 14.5. The van der Waals surface area contributed by atoms with Gasteiger partial charge in [0.25, 0.3) is 11.8 Å². The van der Waals surface area contributed by atoms with Crippen LogP contribution in [0.4, 0.5) is 5.69 Å². The van der Waals surface area contributed by atoms with E-state index in [-0.39, 0.29) is 17.3 Å². The van der Waals surface area contributed by atoms with E-state index < -0.39 is 5.91 Å². The summed E-state index contributed by atoms with van der Waals surface area (Å²) < 4.78 is 0. The third kappa shape index (κ3) is 5.15. The number of carbonyl (C=O) groups excluding carboxylic acids is 2. The molecule has 2 aromatic rings. The normalized spacial score (nSPS) is 9.92. The average Bonchev–Trinajstić information content (AvgIpc) is 2.65. The molecule has 6 heteroatoms. The highest BCUT2D eigenvalue weighted by Gasteiger charge is 2.13. The standard InChI is InChI=1S/C19H20N4O2/c1-2-3-6-12-21-18(24)16-10-7-11-17(22-16)19(25)23-15-9-5-4-8-14(15)13-20/h4-5,7-11H,2-3,6,12H2,1H3,(H,21,24)(H,23,25). The lowest BCUT2D eigenvalue weighted by Gasteiger charge is -2.08. The van der Waals surface area contributed by atoms with Gasteiger partial charge in [-0.05, 0) is 30.7 Å². The first-order chi connectivity index (χ1) is 12.2. The van der Waals surface area contributed by atoms with Crippen molar-refractivity contribution in [3.05, 3.63) is 59.4 Å². The number of nitrogens with zero attached hydrogens (tertiary/aromatic N) is 2. The Morgan fingerprint density at radius 3 is 2.48 bits per heavy atom. The van der Waals surface area contributed by atoms with Crippen molar-refractivity contribution in [1.29, 1.82) is 5.26 Å². The van der Waals surface area contributed by atoms with Crippen LogP contribution in [0.3, 0.4) is 0 Å². The van der Waals surface area contributed by atoms with Crippen molar-refractivity contribution in [2.24, 2.45) is 0 Å². The van der Waals surface area contributed by atoms with Crippen LogP contribution in [0.15, 0.2) is 42.5 Å². The number of anilines is 1. The van der Waals surface area contributed by atoms with Crippen LogP contribution >= 0.6 is 0 Å². The zero-order valence-corrected chi connectivity index (χ0v) is 14.1. The summed E-state index contributed by atoms with van der Waals surface area (Å²) in [6.45, 7) is 2.68. The lowest BCUT2D eigenvalue weighted by atomic mass is 10.2. The highest BCUT2D eigenvalue weighted by molar-refractivity contribution is 6.04. The summed E-state index contributed by atoms with van der Waals surface area (Å²) in [5.41, 5.74) is 1.08. The van der Waals surface area contributed by atoms with Crippen LogP contribution in [0.1, 0.15) is 52.7 Å². The van der Waals surface area contributed by atoms with E-state index in [0.29, 0.717) is 17.8 Å². The Hall–Kier alpha value is -3.20. The number of nitrogens with one attached hydrogen (secondary N) is 2. The summed E-state index contributed by atoms with van der Waals surface area (Å²) in [6, 6.07) is 13.4. The summed E-state index contributed by atoms with van der Waals surface area (Å²) in [5.74, 6) is -0.772. The minimum absolute atomic E-state index is 0.119. The zero-order valence-electron chi connectivity index (χ0n) is 14.1. The second-order valence-electron chi connectivity index (χ2n) is 5.48. The SMILES string of the molecule is CCCCCNC(=O)c1cccc(C(=O)Nc2ccccc2C#N)n1. The van der Waals surface area contributed by atoms with Crippen LogP contribution in [-0.4, -0.2) is 23.3 Å². The number of nitriles is 1. The topological polar surface area (TPSA) is 94.9 Å². The van der Waals surface area contributed by atoms with E-state index >= 15 is 0 Å². The molecule has 0 atom stereocenters. The molecule has 0 aliphatic rings. The Kier molecular flexibility index (Phi) is 6.66. The fourth-order valence-electron chi connectivity index (χ4n) is 2.23. The molecule has 128 valence electrons. The third-order valence-corrected chi connectivity index (χ3v) is 3.58. The molecule has 1 aromatic heterocycles. The zero-order chi connectivity index (χ0) is 18.1. The number of rotatable bonds is 7. The number of amides is 2. The highest BCUT2D eigenvalue weighted by Crippen LogP contribution is 2.14. The lowest BCUT2D eigenvalue weighted by Crippen LogP contribution is -2.26. The summed E-state index contributed by atoms with van der Waals surface area (Å²) in [7, 11) is 0. The van der Waals surface area contributed by atoms with E-state index in [9.17, 15) is 9.59 Å². The van der Waals surface area contributed by atoms with E-state index in [0.717, 1.165) is 19.3 Å². The van der Waals surface area contributed by atoms with Gasteiger partial charge in [-0.2, -0.15) is 5.26 Å². The first-order valence-corrected chi connectivity index (χ1v) is 8.21. The van der Waals surface area contributed by atoms with E-state index in [2.05, 4.69) is 22.5 Å². The molecule has 1 aromatic carbocycles. The minimum atomic E-state index is -0.469. The molecular formula is C19H20N4O2. The van der Waals surface area contributed by atoms with E-state index in [1.165, 1.54) is 6.07 Å². The Morgan fingerprint density at radius 1 is 1.04 bits per heavy atom. The maximum absolute atomic E-state index is 12.3. The van der Waals surface area contributed by atoms with Gasteiger partial charge < -0.3 is 10.6 Å². The summed E-state index contributed by atoms with van der Waals surface area (Å²) in [6.07, 6.45) is 3.04. The van der Waals surface area contributed by atoms with E-state index in [1.807, 2.05) is 6.07 Å². The van der Waals surface area contributed by atoms with E-state index in [1.54, 1.807) is 36.4 Å². The maximum atomic E-state index is 12.3. The number of benzene rings is 1. The van der Waals surface area contributed by atoms with Crippen molar-refractivity contribution in [1.82, 2.24) is 10.3 Å². The quantitative estimate of drug-likeness (QED) is 0.759.